The summed E-state index contributed by atoms with van der Waals surface area (Å²) in [5.41, 5.74) is 1.23. The second kappa shape index (κ2) is 28.2. The van der Waals surface area contributed by atoms with Crippen molar-refractivity contribution >= 4 is 111 Å². The third-order valence-corrected chi connectivity index (χ3v) is 12.7. The number of nitrogens with one attached hydrogen (secondary N) is 2. The molecule has 3 atom stereocenters. The lowest BCUT2D eigenvalue weighted by Crippen LogP contribution is -2.24. The largest absolute Gasteiger partial charge is 0.465 e. The second-order valence-electron chi connectivity index (χ2n) is 13.2. The number of anilines is 2. The third kappa shape index (κ3) is 19.0. The molecule has 0 bridgehead atoms. The monoisotopic (exact) mass is 1120 g/mol. The molecule has 0 amide bonds. The Kier molecular flexibility index (Phi) is 24.7. The number of nitrogen functional groups attached to an aromatic ring is 1. The molecule has 0 aliphatic carbocycles. The molecule has 3 unspecified atom stereocenters. The maximum atomic E-state index is 14.2. The lowest BCUT2D eigenvalue weighted by Gasteiger charge is -2.14. The maximum Gasteiger partial charge on any atom is 0.455 e. The van der Waals surface area contributed by atoms with Crippen LogP contribution in [0.4, 0.5) is 50.9 Å². The van der Waals surface area contributed by atoms with Crippen molar-refractivity contribution in [3.63, 3.8) is 0 Å². The number of esters is 3. The van der Waals surface area contributed by atoms with Crippen LogP contribution in [0.25, 0.3) is 5.69 Å². The Morgan fingerprint density at radius 3 is 1.49 bits per heavy atom. The van der Waals surface area contributed by atoms with Crippen LogP contribution in [-0.2, 0) is 39.6 Å². The minimum absolute atomic E-state index is 0.000420. The molecule has 14 nitrogen and oxygen atoms in total. The van der Waals surface area contributed by atoms with Gasteiger partial charge in [0.2, 0.25) is 0 Å². The minimum Gasteiger partial charge on any atom is -0.465 e. The summed E-state index contributed by atoms with van der Waals surface area (Å²) in [7, 11) is 0. The summed E-state index contributed by atoms with van der Waals surface area (Å²) in [6, 6.07) is 7.02. The van der Waals surface area contributed by atoms with E-state index in [0.717, 1.165) is 53.9 Å². The summed E-state index contributed by atoms with van der Waals surface area (Å²) in [4.78, 5) is 58.5. The summed E-state index contributed by atoms with van der Waals surface area (Å²) >= 11 is 20.9. The number of alkyl halides is 6. The number of benzene rings is 3. The second-order valence-corrected chi connectivity index (χ2v) is 18.5. The van der Waals surface area contributed by atoms with E-state index >= 15 is 0 Å². The van der Waals surface area contributed by atoms with Crippen LogP contribution in [0, 0.1) is 17.5 Å². The van der Waals surface area contributed by atoms with Gasteiger partial charge in [0.1, 0.15) is 33.1 Å². The highest BCUT2D eigenvalue weighted by Crippen LogP contribution is 2.37. The van der Waals surface area contributed by atoms with E-state index in [2.05, 4.69) is 15.6 Å². The highest BCUT2D eigenvalue weighted by Gasteiger charge is 2.37. The van der Waals surface area contributed by atoms with E-state index in [1.807, 2.05) is 5.43 Å². The van der Waals surface area contributed by atoms with Crippen LogP contribution < -0.4 is 22.3 Å². The number of thioether (sulfide) groups is 3. The van der Waals surface area contributed by atoms with Gasteiger partial charge in [-0.1, -0.05) is 34.8 Å². The average molecular weight is 1120 g/mol. The number of nitrogens with zero attached hydrogens (tertiary/aromatic N) is 3. The molecule has 1 aromatic heterocycles. The first-order chi connectivity index (χ1) is 32.6. The normalized spacial score (nSPS) is 12.6. The van der Waals surface area contributed by atoms with E-state index in [9.17, 15) is 63.5 Å². The van der Waals surface area contributed by atoms with E-state index in [1.165, 1.54) is 17.8 Å². The molecule has 0 aliphatic rings. The Balaban J connectivity index is 0.000000368. The molecule has 0 radical (unpaired) electrons. The van der Waals surface area contributed by atoms with E-state index in [-0.39, 0.29) is 61.6 Å². The highest BCUT2D eigenvalue weighted by atomic mass is 35.5. The Labute approximate surface area is 420 Å². The van der Waals surface area contributed by atoms with Gasteiger partial charge in [-0.05, 0) is 77.9 Å². The first-order valence-corrected chi connectivity index (χ1v) is 23.4. The van der Waals surface area contributed by atoms with Crippen molar-refractivity contribution in [2.24, 2.45) is 10.9 Å². The Bertz CT molecular complexity index is 2580. The summed E-state index contributed by atoms with van der Waals surface area (Å²) in [6.07, 6.45) is -9.41. The topological polar surface area (TPSA) is 193 Å². The summed E-state index contributed by atoms with van der Waals surface area (Å²) in [5, 5.41) is 4.88. The summed E-state index contributed by atoms with van der Waals surface area (Å²) < 4.78 is 130. The van der Waals surface area contributed by atoms with Gasteiger partial charge < -0.3 is 19.6 Å². The Morgan fingerprint density at radius 2 is 1.10 bits per heavy atom. The molecule has 4 N–H and O–H groups in total. The summed E-state index contributed by atoms with van der Waals surface area (Å²) in [6.45, 7) is 10.5. The van der Waals surface area contributed by atoms with Gasteiger partial charge in [-0.2, -0.15) is 41.2 Å². The van der Waals surface area contributed by atoms with Crippen molar-refractivity contribution < 1.29 is 72.9 Å². The number of Topliss-reactive ketones (excluding diaryl/α,β-unsaturated/α-hetero) is 1. The van der Waals surface area contributed by atoms with Crippen molar-refractivity contribution in [1.82, 2.24) is 9.78 Å². The molecule has 1 heterocycles. The van der Waals surface area contributed by atoms with Gasteiger partial charge in [-0.3, -0.25) is 35.2 Å². The van der Waals surface area contributed by atoms with Crippen molar-refractivity contribution in [3.05, 3.63) is 97.1 Å². The van der Waals surface area contributed by atoms with Crippen molar-refractivity contribution in [1.29, 1.82) is 0 Å². The van der Waals surface area contributed by atoms with Crippen LogP contribution in [0.15, 0.2) is 73.2 Å². The standard InChI is InChI=1S/C16H13ClF4N2O3S.C14H13ClF4N2O3S.C11H14ClFN2O2S/c1-3-26-15(25)8(2)27-13-6-12(11(18)5-10(13)17)23-14(24)4-9(7-22-23)16(19,20)21;1-3-24-13(23)7(2)25-11-5-10(9(16)4-8(11)15)21-20-6-12(22)14(17,18)19;1-3-17-11(16)6(2)18-10-5-9(15-14)8(13)4-7(10)12/h4-8H,3H2,1-2H3;4-7,21H,3H2,1-2H3;4-6,15H,3,14H2,1-2H3/b;20-6+;. The first-order valence-electron chi connectivity index (χ1n) is 19.6. The average Bonchev–Trinajstić information content (AvgIpc) is 3.27. The molecule has 3 aromatic carbocycles. The summed E-state index contributed by atoms with van der Waals surface area (Å²) in [5.74, 6) is -0.781. The van der Waals surface area contributed by atoms with Gasteiger partial charge >= 0.3 is 30.3 Å². The first kappa shape index (κ1) is 61.3. The number of ketones is 1. The van der Waals surface area contributed by atoms with Crippen molar-refractivity contribution in [2.45, 2.75) is 84.3 Å². The fourth-order valence-electron chi connectivity index (χ4n) is 4.68. The van der Waals surface area contributed by atoms with Gasteiger partial charge in [0.15, 0.2) is 5.82 Å². The molecule has 70 heavy (non-hydrogen) atoms. The predicted molar refractivity (Wildman–Crippen MR) is 249 cm³/mol. The van der Waals surface area contributed by atoms with Gasteiger partial charge in [0.05, 0.1) is 64.2 Å². The Hall–Kier alpha value is -4.86. The number of hydrogen-bond donors (Lipinski definition) is 3. The number of carbonyl (C=O) groups is 4. The number of carbonyl (C=O) groups excluding carboxylic acids is 4. The molecule has 29 heteroatoms. The molecule has 0 saturated carbocycles. The van der Waals surface area contributed by atoms with Gasteiger partial charge in [-0.15, -0.1) is 35.3 Å². The fourth-order valence-corrected chi connectivity index (χ4v) is 8.23. The fraction of sp³-hybridized carbons (Fsp3) is 0.341. The number of halogens is 12. The molecule has 0 fully saturated rings. The zero-order valence-electron chi connectivity index (χ0n) is 37.0. The molecule has 0 aliphatic heterocycles. The maximum absolute atomic E-state index is 14.2. The van der Waals surface area contributed by atoms with Gasteiger partial charge in [-0.25, -0.2) is 13.2 Å². The van der Waals surface area contributed by atoms with Crippen LogP contribution >= 0.6 is 70.1 Å². The van der Waals surface area contributed by atoms with E-state index in [4.69, 9.17) is 54.9 Å². The number of rotatable bonds is 17. The predicted octanol–water partition coefficient (Wildman–Crippen LogP) is 10.9. The molecule has 4 rings (SSSR count). The number of aromatic nitrogens is 2. The molecular weight excluding hydrogens is 1080 g/mol. The smallest absolute Gasteiger partial charge is 0.455 e. The molecule has 384 valence electrons. The zero-order chi connectivity index (χ0) is 53.3. The lowest BCUT2D eigenvalue weighted by molar-refractivity contribution is -0.162. The molecule has 0 spiro atoms. The zero-order valence-corrected chi connectivity index (χ0v) is 41.7. The quantitative estimate of drug-likeness (QED) is 0.0172. The van der Waals surface area contributed by atoms with Crippen LogP contribution in [-0.4, -0.2) is 81.4 Å². The lowest BCUT2D eigenvalue weighted by atomic mass is 10.3. The number of hydrogen-bond acceptors (Lipinski definition) is 16. The van der Waals surface area contributed by atoms with Crippen molar-refractivity contribution in [2.75, 3.05) is 30.7 Å². The van der Waals surface area contributed by atoms with Crippen LogP contribution in [0.2, 0.25) is 15.1 Å². The molecule has 4 aromatic rings. The van der Waals surface area contributed by atoms with E-state index in [1.54, 1.807) is 41.5 Å². The molecular formula is C41H40Cl3F9N6O8S3. The van der Waals surface area contributed by atoms with Crippen LogP contribution in [0.3, 0.4) is 0 Å². The van der Waals surface area contributed by atoms with Crippen LogP contribution in [0.1, 0.15) is 47.1 Å². The van der Waals surface area contributed by atoms with Crippen LogP contribution in [0.5, 0.6) is 0 Å². The van der Waals surface area contributed by atoms with Crippen molar-refractivity contribution in [3.8, 4) is 5.69 Å². The highest BCUT2D eigenvalue weighted by molar-refractivity contribution is 8.01. The van der Waals surface area contributed by atoms with Gasteiger partial charge in [0.25, 0.3) is 11.3 Å². The SMILES string of the molecule is CCOC(=O)C(C)Sc1cc(-n2ncc(C(F)(F)F)cc2=O)c(F)cc1Cl.CCOC(=O)C(C)Sc1cc(N/N=C/C(=O)C(F)(F)F)c(F)cc1Cl.CCOC(=O)C(C)Sc1cc(NN)c(F)cc1Cl. The minimum atomic E-state index is -5.07. The molecule has 0 saturated heterocycles. The van der Waals surface area contributed by atoms with E-state index in [0.29, 0.717) is 28.4 Å². The number of hydrazone groups is 1. The van der Waals surface area contributed by atoms with E-state index < -0.39 is 80.1 Å². The Morgan fingerprint density at radius 1 is 0.700 bits per heavy atom. The van der Waals surface area contributed by atoms with Gasteiger partial charge in [0, 0.05) is 20.8 Å². The number of nitrogens with two attached hydrogens (primary N) is 1. The third-order valence-electron chi connectivity index (χ3n) is 7.97. The number of hydrazine groups is 1. The number of ether oxygens (including phenoxy) is 3.